The molecule has 1 saturated carbocycles. The summed E-state index contributed by atoms with van der Waals surface area (Å²) in [5.74, 6) is 1.67. The number of hydrogen-bond acceptors (Lipinski definition) is 3. The molecule has 1 atom stereocenters. The number of amides is 1. The van der Waals surface area contributed by atoms with Gasteiger partial charge in [0.2, 0.25) is 0 Å². The molecule has 1 aliphatic rings. The van der Waals surface area contributed by atoms with Gasteiger partial charge in [-0.25, -0.2) is 9.78 Å². The number of benzene rings is 1. The van der Waals surface area contributed by atoms with Crippen LogP contribution >= 0.6 is 15.9 Å². The van der Waals surface area contributed by atoms with Gasteiger partial charge in [0.15, 0.2) is 0 Å². The van der Waals surface area contributed by atoms with Crippen molar-refractivity contribution >= 4 is 33.1 Å². The van der Waals surface area contributed by atoms with Crippen molar-refractivity contribution < 1.29 is 14.6 Å². The van der Waals surface area contributed by atoms with Crippen molar-refractivity contribution in [3.63, 3.8) is 0 Å². The molecule has 6 nitrogen and oxygen atoms in total. The average Bonchev–Trinajstić information content (AvgIpc) is 3.12. The highest BCUT2D eigenvalue weighted by molar-refractivity contribution is 9.10. The van der Waals surface area contributed by atoms with Crippen LogP contribution in [-0.4, -0.2) is 28.3 Å². The van der Waals surface area contributed by atoms with Crippen molar-refractivity contribution in [1.82, 2.24) is 15.3 Å². The number of methoxy groups -OCH3 is 1. The molecular formula is C15H18BrN3O3. The third-order valence-corrected chi connectivity index (χ3v) is 4.84. The Hall–Kier alpha value is -1.76. The second-order valence-electron chi connectivity index (χ2n) is 5.60. The monoisotopic (exact) mass is 367 g/mol. The molecule has 0 radical (unpaired) electrons. The van der Waals surface area contributed by atoms with Crippen molar-refractivity contribution in [2.75, 3.05) is 7.11 Å². The van der Waals surface area contributed by atoms with E-state index in [4.69, 9.17) is 9.84 Å². The Balaban J connectivity index is 1.99. The SMILES string of the molecule is COc1cc2nc(C(NC(=O)O)C3CCCC3)[nH]c2cc1Br. The van der Waals surface area contributed by atoms with E-state index in [0.29, 0.717) is 17.5 Å². The topological polar surface area (TPSA) is 87.2 Å². The zero-order valence-corrected chi connectivity index (χ0v) is 13.8. The van der Waals surface area contributed by atoms with Gasteiger partial charge >= 0.3 is 6.09 Å². The number of aromatic nitrogens is 2. The first-order chi connectivity index (χ1) is 10.6. The lowest BCUT2D eigenvalue weighted by atomic mass is 9.98. The first-order valence-corrected chi connectivity index (χ1v) is 8.10. The zero-order valence-electron chi connectivity index (χ0n) is 12.2. The third kappa shape index (κ3) is 2.90. The van der Waals surface area contributed by atoms with E-state index >= 15 is 0 Å². The standard InChI is InChI=1S/C15H18BrN3O3/c1-22-12-7-11-10(6-9(12)16)17-14(18-11)13(19-15(20)21)8-4-2-3-5-8/h6-8,13,19H,2-5H2,1H3,(H,17,18)(H,20,21). The Bertz CT molecular complexity index is 695. The predicted molar refractivity (Wildman–Crippen MR) is 86.2 cm³/mol. The van der Waals surface area contributed by atoms with Gasteiger partial charge in [0.05, 0.1) is 28.7 Å². The van der Waals surface area contributed by atoms with E-state index < -0.39 is 6.09 Å². The highest BCUT2D eigenvalue weighted by Gasteiger charge is 2.30. The summed E-state index contributed by atoms with van der Waals surface area (Å²) < 4.78 is 6.11. The van der Waals surface area contributed by atoms with E-state index in [0.717, 1.165) is 41.2 Å². The molecule has 3 rings (SSSR count). The summed E-state index contributed by atoms with van der Waals surface area (Å²) in [6.45, 7) is 0. The lowest BCUT2D eigenvalue weighted by Gasteiger charge is -2.21. The van der Waals surface area contributed by atoms with Gasteiger partial charge < -0.3 is 20.1 Å². The van der Waals surface area contributed by atoms with E-state index in [2.05, 4.69) is 31.2 Å². The summed E-state index contributed by atoms with van der Waals surface area (Å²) >= 11 is 3.45. The minimum Gasteiger partial charge on any atom is -0.495 e. The second kappa shape index (κ2) is 6.16. The van der Waals surface area contributed by atoms with E-state index in [1.54, 1.807) is 7.11 Å². The van der Waals surface area contributed by atoms with Gasteiger partial charge in [-0.05, 0) is 40.8 Å². The maximum Gasteiger partial charge on any atom is 0.405 e. The minimum absolute atomic E-state index is 0.294. The van der Waals surface area contributed by atoms with Crippen LogP contribution in [0.25, 0.3) is 11.0 Å². The number of fused-ring (bicyclic) bond motifs is 1. The van der Waals surface area contributed by atoms with Crippen LogP contribution in [0.15, 0.2) is 16.6 Å². The molecule has 22 heavy (non-hydrogen) atoms. The Kier molecular flexibility index (Phi) is 4.24. The first kappa shape index (κ1) is 15.1. The van der Waals surface area contributed by atoms with Gasteiger partial charge in [-0.3, -0.25) is 0 Å². The number of aromatic amines is 1. The lowest BCUT2D eigenvalue weighted by Crippen LogP contribution is -2.32. The number of ether oxygens (including phenoxy) is 1. The molecule has 1 aromatic heterocycles. The summed E-state index contributed by atoms with van der Waals surface area (Å²) in [4.78, 5) is 19.0. The van der Waals surface area contributed by atoms with Crippen molar-refractivity contribution in [3.8, 4) is 5.75 Å². The van der Waals surface area contributed by atoms with Crippen molar-refractivity contribution in [1.29, 1.82) is 0 Å². The fourth-order valence-electron chi connectivity index (χ4n) is 3.17. The summed E-state index contributed by atoms with van der Waals surface area (Å²) in [7, 11) is 1.60. The highest BCUT2D eigenvalue weighted by atomic mass is 79.9. The van der Waals surface area contributed by atoms with Gasteiger partial charge in [-0.1, -0.05) is 12.8 Å². The largest absolute Gasteiger partial charge is 0.495 e. The quantitative estimate of drug-likeness (QED) is 0.765. The molecule has 2 aromatic rings. The molecule has 0 bridgehead atoms. The summed E-state index contributed by atoms with van der Waals surface area (Å²) in [5, 5.41) is 11.7. The molecule has 1 unspecified atom stereocenters. The van der Waals surface area contributed by atoms with Gasteiger partial charge in [0.1, 0.15) is 11.6 Å². The van der Waals surface area contributed by atoms with Gasteiger partial charge in [0, 0.05) is 6.07 Å². The molecule has 118 valence electrons. The summed E-state index contributed by atoms with van der Waals surface area (Å²) in [6, 6.07) is 3.44. The Morgan fingerprint density at radius 1 is 1.50 bits per heavy atom. The first-order valence-electron chi connectivity index (χ1n) is 7.31. The molecule has 0 aliphatic heterocycles. The Labute approximate surface area is 136 Å². The van der Waals surface area contributed by atoms with Crippen LogP contribution in [0.3, 0.4) is 0 Å². The maximum absolute atomic E-state index is 11.1. The van der Waals surface area contributed by atoms with Crippen molar-refractivity contribution in [3.05, 3.63) is 22.4 Å². The molecule has 3 N–H and O–H groups in total. The number of carboxylic acid groups (broad SMARTS) is 1. The molecular weight excluding hydrogens is 350 g/mol. The van der Waals surface area contributed by atoms with Gasteiger partial charge in [-0.15, -0.1) is 0 Å². The normalized spacial score (nSPS) is 16.8. The minimum atomic E-state index is -1.02. The second-order valence-corrected chi connectivity index (χ2v) is 6.45. The molecule has 7 heteroatoms. The molecule has 1 amide bonds. The molecule has 1 fully saturated rings. The van der Waals surface area contributed by atoms with Crippen LogP contribution in [0.2, 0.25) is 0 Å². The lowest BCUT2D eigenvalue weighted by molar-refractivity contribution is 0.183. The number of halogens is 1. The van der Waals surface area contributed by atoms with Crippen LogP contribution in [-0.2, 0) is 0 Å². The fourth-order valence-corrected chi connectivity index (χ4v) is 3.67. The predicted octanol–water partition coefficient (Wildman–Crippen LogP) is 3.83. The maximum atomic E-state index is 11.1. The molecule has 1 aromatic carbocycles. The van der Waals surface area contributed by atoms with E-state index in [1.165, 1.54) is 0 Å². The molecule has 0 saturated heterocycles. The van der Waals surface area contributed by atoms with Gasteiger partial charge in [0.25, 0.3) is 0 Å². The van der Waals surface area contributed by atoms with Crippen LogP contribution in [0, 0.1) is 5.92 Å². The third-order valence-electron chi connectivity index (χ3n) is 4.22. The summed E-state index contributed by atoms with van der Waals surface area (Å²) in [5.41, 5.74) is 1.63. The number of imidazole rings is 1. The number of nitrogens with zero attached hydrogens (tertiary/aromatic N) is 1. The smallest absolute Gasteiger partial charge is 0.405 e. The van der Waals surface area contributed by atoms with Gasteiger partial charge in [-0.2, -0.15) is 0 Å². The van der Waals surface area contributed by atoms with Crippen molar-refractivity contribution in [2.45, 2.75) is 31.7 Å². The molecule has 1 aliphatic carbocycles. The van der Waals surface area contributed by atoms with E-state index in [1.807, 2.05) is 12.1 Å². The van der Waals surface area contributed by atoms with Crippen LogP contribution in [0.4, 0.5) is 4.79 Å². The Morgan fingerprint density at radius 2 is 2.23 bits per heavy atom. The van der Waals surface area contributed by atoms with Crippen LogP contribution in [0.1, 0.15) is 37.5 Å². The average molecular weight is 368 g/mol. The fraction of sp³-hybridized carbons (Fsp3) is 0.467. The highest BCUT2D eigenvalue weighted by Crippen LogP contribution is 2.36. The molecule has 0 spiro atoms. The number of nitrogens with one attached hydrogen (secondary N) is 2. The molecule has 1 heterocycles. The van der Waals surface area contributed by atoms with E-state index in [9.17, 15) is 4.79 Å². The number of rotatable bonds is 4. The number of H-pyrrole nitrogens is 1. The Morgan fingerprint density at radius 3 is 2.86 bits per heavy atom. The number of carbonyl (C=O) groups is 1. The number of hydrogen-bond donors (Lipinski definition) is 3. The van der Waals surface area contributed by atoms with E-state index in [-0.39, 0.29) is 6.04 Å². The van der Waals surface area contributed by atoms with Crippen LogP contribution < -0.4 is 10.1 Å². The van der Waals surface area contributed by atoms with Crippen molar-refractivity contribution in [2.24, 2.45) is 5.92 Å². The van der Waals surface area contributed by atoms with Crippen LogP contribution in [0.5, 0.6) is 5.75 Å². The zero-order chi connectivity index (χ0) is 15.7. The summed E-state index contributed by atoms with van der Waals surface area (Å²) in [6.07, 6.45) is 3.31.